The van der Waals surface area contributed by atoms with Gasteiger partial charge in [0, 0.05) is 22.8 Å². The lowest BCUT2D eigenvalue weighted by Gasteiger charge is -2.17. The molecule has 120 valence electrons. The summed E-state index contributed by atoms with van der Waals surface area (Å²) in [6.45, 7) is 1.81. The number of nitro benzene ring substituents is 1. The van der Waals surface area contributed by atoms with Gasteiger partial charge in [-0.25, -0.2) is 0 Å². The molecule has 0 unspecified atom stereocenters. The van der Waals surface area contributed by atoms with Crippen molar-refractivity contribution in [1.82, 2.24) is 0 Å². The van der Waals surface area contributed by atoms with E-state index in [1.807, 2.05) is 6.92 Å². The monoisotopic (exact) mass is 334 g/mol. The van der Waals surface area contributed by atoms with E-state index in [9.17, 15) is 14.9 Å². The number of non-ortho nitro benzene ring substituents is 1. The average Bonchev–Trinajstić information content (AvgIpc) is 2.52. The SMILES string of the molecule is CC[C@H](Oc1cccc(Cl)c1)C(=O)Nc1cccc([N+](=O)[O-])c1. The minimum atomic E-state index is -0.729. The van der Waals surface area contributed by atoms with Gasteiger partial charge in [-0.1, -0.05) is 30.7 Å². The number of rotatable bonds is 6. The van der Waals surface area contributed by atoms with Gasteiger partial charge in [0.1, 0.15) is 5.75 Å². The number of nitro groups is 1. The predicted octanol–water partition coefficient (Wildman–Crippen LogP) is 4.04. The minimum absolute atomic E-state index is 0.0911. The van der Waals surface area contributed by atoms with Gasteiger partial charge in [-0.05, 0) is 30.7 Å². The largest absolute Gasteiger partial charge is 0.481 e. The Hall–Kier alpha value is -2.60. The van der Waals surface area contributed by atoms with Crippen molar-refractivity contribution in [1.29, 1.82) is 0 Å². The van der Waals surface area contributed by atoms with Crippen LogP contribution in [0.2, 0.25) is 5.02 Å². The van der Waals surface area contributed by atoms with E-state index in [4.69, 9.17) is 16.3 Å². The van der Waals surface area contributed by atoms with E-state index in [2.05, 4.69) is 5.32 Å². The van der Waals surface area contributed by atoms with Gasteiger partial charge in [0.05, 0.1) is 4.92 Å². The second kappa shape index (κ2) is 7.60. The van der Waals surface area contributed by atoms with E-state index < -0.39 is 11.0 Å². The zero-order chi connectivity index (χ0) is 16.8. The molecule has 0 fully saturated rings. The molecule has 7 heteroatoms. The topological polar surface area (TPSA) is 81.5 Å². The van der Waals surface area contributed by atoms with Gasteiger partial charge in [0.25, 0.3) is 11.6 Å². The molecule has 0 heterocycles. The Bertz CT molecular complexity index is 721. The highest BCUT2D eigenvalue weighted by molar-refractivity contribution is 6.30. The quantitative estimate of drug-likeness (QED) is 0.638. The molecule has 0 aliphatic carbocycles. The van der Waals surface area contributed by atoms with Crippen LogP contribution in [0.5, 0.6) is 5.75 Å². The Labute approximate surface area is 138 Å². The minimum Gasteiger partial charge on any atom is -0.481 e. The van der Waals surface area contributed by atoms with Gasteiger partial charge in [-0.2, -0.15) is 0 Å². The lowest BCUT2D eigenvalue weighted by Crippen LogP contribution is -2.32. The van der Waals surface area contributed by atoms with E-state index in [0.717, 1.165) is 0 Å². The number of amides is 1. The summed E-state index contributed by atoms with van der Waals surface area (Å²) < 4.78 is 5.63. The molecule has 1 N–H and O–H groups in total. The normalized spacial score (nSPS) is 11.6. The molecule has 6 nitrogen and oxygen atoms in total. The van der Waals surface area contributed by atoms with Crippen molar-refractivity contribution in [2.75, 3.05) is 5.32 Å². The summed E-state index contributed by atoms with van der Waals surface area (Å²) in [7, 11) is 0. The first kappa shape index (κ1) is 16.8. The second-order valence-corrected chi connectivity index (χ2v) is 5.21. The van der Waals surface area contributed by atoms with Gasteiger partial charge < -0.3 is 10.1 Å². The Morgan fingerprint density at radius 3 is 2.70 bits per heavy atom. The lowest BCUT2D eigenvalue weighted by atomic mass is 10.2. The number of benzene rings is 2. The molecule has 0 saturated carbocycles. The Balaban J connectivity index is 2.08. The number of hydrogen-bond acceptors (Lipinski definition) is 4. The summed E-state index contributed by atoms with van der Waals surface area (Å²) in [6.07, 6.45) is -0.291. The number of anilines is 1. The van der Waals surface area contributed by atoms with Crippen LogP contribution in [0.3, 0.4) is 0 Å². The lowest BCUT2D eigenvalue weighted by molar-refractivity contribution is -0.384. The van der Waals surface area contributed by atoms with Crippen molar-refractivity contribution in [3.8, 4) is 5.75 Å². The first-order chi connectivity index (χ1) is 11.0. The highest BCUT2D eigenvalue weighted by Crippen LogP contribution is 2.21. The van der Waals surface area contributed by atoms with Crippen LogP contribution >= 0.6 is 11.6 Å². The van der Waals surface area contributed by atoms with Crippen LogP contribution in [0.25, 0.3) is 0 Å². The molecule has 0 aliphatic rings. The summed E-state index contributed by atoms with van der Waals surface area (Å²) in [4.78, 5) is 22.5. The molecule has 23 heavy (non-hydrogen) atoms. The smallest absolute Gasteiger partial charge is 0.271 e. The van der Waals surface area contributed by atoms with Crippen LogP contribution in [-0.4, -0.2) is 16.9 Å². The number of carbonyl (C=O) groups is 1. The molecule has 0 radical (unpaired) electrons. The maximum atomic E-state index is 12.3. The van der Waals surface area contributed by atoms with Gasteiger partial charge >= 0.3 is 0 Å². The summed E-state index contributed by atoms with van der Waals surface area (Å²) in [5.41, 5.74) is 0.254. The first-order valence-electron chi connectivity index (χ1n) is 6.97. The Morgan fingerprint density at radius 2 is 2.04 bits per heavy atom. The van der Waals surface area contributed by atoms with Crippen molar-refractivity contribution in [2.45, 2.75) is 19.4 Å². The van der Waals surface area contributed by atoms with Crippen molar-refractivity contribution in [2.24, 2.45) is 0 Å². The standard InChI is InChI=1S/C16H15ClN2O4/c1-2-15(23-14-8-3-5-11(17)9-14)16(20)18-12-6-4-7-13(10-12)19(21)22/h3-10,15H,2H2,1H3,(H,18,20)/t15-/m0/s1. The number of carbonyl (C=O) groups excluding carboxylic acids is 1. The maximum Gasteiger partial charge on any atom is 0.271 e. The van der Waals surface area contributed by atoms with Crippen LogP contribution in [0.1, 0.15) is 13.3 Å². The molecule has 0 aliphatic heterocycles. The summed E-state index contributed by atoms with van der Waals surface area (Å²) in [5.74, 6) is 0.103. The zero-order valence-corrected chi connectivity index (χ0v) is 13.1. The predicted molar refractivity (Wildman–Crippen MR) is 87.9 cm³/mol. The van der Waals surface area contributed by atoms with Crippen molar-refractivity contribution in [3.63, 3.8) is 0 Å². The Morgan fingerprint density at radius 1 is 1.30 bits per heavy atom. The molecule has 2 aromatic rings. The van der Waals surface area contributed by atoms with Crippen LogP contribution in [0.4, 0.5) is 11.4 Å². The van der Waals surface area contributed by atoms with E-state index in [1.54, 1.807) is 30.3 Å². The highest BCUT2D eigenvalue weighted by atomic mass is 35.5. The third kappa shape index (κ3) is 4.69. The van der Waals surface area contributed by atoms with Crippen LogP contribution in [0, 0.1) is 10.1 Å². The number of ether oxygens (including phenoxy) is 1. The molecule has 1 amide bonds. The van der Waals surface area contributed by atoms with Crippen molar-refractivity contribution < 1.29 is 14.5 Å². The zero-order valence-electron chi connectivity index (χ0n) is 12.4. The van der Waals surface area contributed by atoms with E-state index in [-0.39, 0.29) is 11.6 Å². The van der Waals surface area contributed by atoms with E-state index >= 15 is 0 Å². The molecule has 2 aromatic carbocycles. The molecule has 0 bridgehead atoms. The van der Waals surface area contributed by atoms with Crippen LogP contribution in [0.15, 0.2) is 48.5 Å². The fraction of sp³-hybridized carbons (Fsp3) is 0.188. The first-order valence-corrected chi connectivity index (χ1v) is 7.35. The van der Waals surface area contributed by atoms with Gasteiger partial charge in [0.2, 0.25) is 0 Å². The fourth-order valence-electron chi connectivity index (χ4n) is 1.95. The second-order valence-electron chi connectivity index (χ2n) is 4.77. The van der Waals surface area contributed by atoms with Crippen molar-refractivity contribution in [3.05, 3.63) is 63.7 Å². The third-order valence-corrected chi connectivity index (χ3v) is 3.30. The number of nitrogens with zero attached hydrogens (tertiary/aromatic N) is 1. The van der Waals surface area contributed by atoms with E-state index in [0.29, 0.717) is 22.9 Å². The van der Waals surface area contributed by atoms with Gasteiger partial charge in [-0.15, -0.1) is 0 Å². The number of nitrogens with one attached hydrogen (secondary N) is 1. The molecular weight excluding hydrogens is 320 g/mol. The highest BCUT2D eigenvalue weighted by Gasteiger charge is 2.19. The average molecular weight is 335 g/mol. The molecule has 1 atom stereocenters. The van der Waals surface area contributed by atoms with E-state index in [1.165, 1.54) is 18.2 Å². The van der Waals surface area contributed by atoms with Crippen LogP contribution in [-0.2, 0) is 4.79 Å². The molecule has 0 spiro atoms. The van der Waals surface area contributed by atoms with Crippen molar-refractivity contribution >= 4 is 28.9 Å². The maximum absolute atomic E-state index is 12.3. The number of halogens is 1. The molecule has 0 aromatic heterocycles. The Kier molecular flexibility index (Phi) is 5.54. The molecular formula is C16H15ClN2O4. The summed E-state index contributed by atoms with van der Waals surface area (Å²) >= 11 is 5.88. The molecule has 0 saturated heterocycles. The van der Waals surface area contributed by atoms with Gasteiger partial charge in [-0.3, -0.25) is 14.9 Å². The molecule has 2 rings (SSSR count). The third-order valence-electron chi connectivity index (χ3n) is 3.06. The fourth-order valence-corrected chi connectivity index (χ4v) is 2.13. The summed E-state index contributed by atoms with van der Waals surface area (Å²) in [5, 5.41) is 13.9. The number of hydrogen-bond donors (Lipinski definition) is 1. The van der Waals surface area contributed by atoms with Gasteiger partial charge in [0.15, 0.2) is 6.10 Å². The van der Waals surface area contributed by atoms with Crippen LogP contribution < -0.4 is 10.1 Å². The summed E-state index contributed by atoms with van der Waals surface area (Å²) in [6, 6.07) is 12.5.